The van der Waals surface area contributed by atoms with Crippen molar-refractivity contribution in [3.8, 4) is 0 Å². The van der Waals surface area contributed by atoms with Crippen LogP contribution in [0, 0.1) is 0 Å². The van der Waals surface area contributed by atoms with E-state index in [4.69, 9.17) is 4.74 Å². The van der Waals surface area contributed by atoms with E-state index >= 15 is 0 Å². The lowest BCUT2D eigenvalue weighted by Gasteiger charge is -2.15. The Morgan fingerprint density at radius 3 is 2.54 bits per heavy atom. The van der Waals surface area contributed by atoms with E-state index in [-0.39, 0.29) is 18.8 Å². The molecule has 2 aromatic carbocycles. The molecule has 0 saturated heterocycles. The minimum atomic E-state index is -0.659. The number of esters is 1. The van der Waals surface area contributed by atoms with E-state index in [1.54, 1.807) is 30.8 Å². The molecule has 5 nitrogen and oxygen atoms in total. The molecule has 1 unspecified atom stereocenters. The van der Waals surface area contributed by atoms with Gasteiger partial charge in [0.1, 0.15) is 11.0 Å². The van der Waals surface area contributed by atoms with Gasteiger partial charge in [-0.2, -0.15) is 8.75 Å². The first-order valence-corrected chi connectivity index (χ1v) is 10.1. The van der Waals surface area contributed by atoms with Gasteiger partial charge in [0.15, 0.2) is 5.78 Å². The molecule has 26 heavy (non-hydrogen) atoms. The molecule has 1 aromatic heterocycles. The number of hydrogen-bond acceptors (Lipinski definition) is 7. The highest BCUT2D eigenvalue weighted by Crippen LogP contribution is 2.27. The zero-order valence-corrected chi connectivity index (χ0v) is 16.1. The molecule has 3 rings (SSSR count). The second-order valence-corrected chi connectivity index (χ2v) is 7.08. The molecule has 0 saturated carbocycles. The summed E-state index contributed by atoms with van der Waals surface area (Å²) in [7, 11) is 0. The van der Waals surface area contributed by atoms with E-state index in [0.717, 1.165) is 33.2 Å². The smallest absolute Gasteiger partial charge is 0.313 e. The van der Waals surface area contributed by atoms with E-state index in [2.05, 4.69) is 8.75 Å². The number of carbonyl (C=O) groups is 2. The SMILES string of the molecule is CCOC(=O)C(CC(=O)c1ccc(SC)cc1)c1ccc2nsnc2c1. The first-order chi connectivity index (χ1) is 12.6. The van der Waals surface area contributed by atoms with Gasteiger partial charge in [-0.3, -0.25) is 9.59 Å². The monoisotopic (exact) mass is 386 g/mol. The molecule has 0 fully saturated rings. The van der Waals surface area contributed by atoms with Crippen molar-refractivity contribution in [3.63, 3.8) is 0 Å². The summed E-state index contributed by atoms with van der Waals surface area (Å²) >= 11 is 2.74. The molecule has 0 aliphatic carbocycles. The standard InChI is InChI=1S/C19H18N2O3S2/c1-3-24-19(23)15(13-6-9-16-17(10-13)21-26-20-16)11-18(22)12-4-7-14(25-2)8-5-12/h4-10,15H,3,11H2,1-2H3. The second-order valence-electron chi connectivity index (χ2n) is 5.67. The predicted molar refractivity (Wildman–Crippen MR) is 104 cm³/mol. The van der Waals surface area contributed by atoms with E-state index in [0.29, 0.717) is 5.56 Å². The number of Topliss-reactive ketones (excluding diaryl/α,β-unsaturated/α-hetero) is 1. The largest absolute Gasteiger partial charge is 0.466 e. The third-order valence-electron chi connectivity index (χ3n) is 4.05. The van der Waals surface area contributed by atoms with Crippen molar-refractivity contribution >= 4 is 46.3 Å². The summed E-state index contributed by atoms with van der Waals surface area (Å²) in [4.78, 5) is 26.3. The average Bonchev–Trinajstić information content (AvgIpc) is 3.14. The first-order valence-electron chi connectivity index (χ1n) is 8.18. The lowest BCUT2D eigenvalue weighted by Crippen LogP contribution is -2.19. The van der Waals surface area contributed by atoms with Gasteiger partial charge in [-0.15, -0.1) is 11.8 Å². The van der Waals surface area contributed by atoms with Crippen molar-refractivity contribution < 1.29 is 14.3 Å². The molecule has 0 spiro atoms. The van der Waals surface area contributed by atoms with Crippen LogP contribution in [0.1, 0.15) is 35.2 Å². The molecule has 3 aromatic rings. The molecule has 0 amide bonds. The summed E-state index contributed by atoms with van der Waals surface area (Å²) in [6.07, 6.45) is 2.04. The molecular weight excluding hydrogens is 368 g/mol. The minimum absolute atomic E-state index is 0.0561. The number of benzene rings is 2. The Kier molecular flexibility index (Phi) is 6.00. The number of thioether (sulfide) groups is 1. The summed E-state index contributed by atoms with van der Waals surface area (Å²) in [5.41, 5.74) is 2.81. The van der Waals surface area contributed by atoms with E-state index in [9.17, 15) is 9.59 Å². The van der Waals surface area contributed by atoms with Gasteiger partial charge in [0, 0.05) is 16.9 Å². The molecule has 7 heteroatoms. The lowest BCUT2D eigenvalue weighted by molar-refractivity contribution is -0.144. The van der Waals surface area contributed by atoms with Gasteiger partial charge in [-0.05, 0) is 43.0 Å². The van der Waals surface area contributed by atoms with Gasteiger partial charge in [-0.25, -0.2) is 0 Å². The number of ketones is 1. The van der Waals surface area contributed by atoms with Gasteiger partial charge in [0.05, 0.1) is 24.3 Å². The maximum Gasteiger partial charge on any atom is 0.313 e. The number of rotatable bonds is 7. The van der Waals surface area contributed by atoms with Crippen molar-refractivity contribution in [2.75, 3.05) is 12.9 Å². The van der Waals surface area contributed by atoms with Crippen LogP contribution in [-0.2, 0) is 9.53 Å². The van der Waals surface area contributed by atoms with Crippen LogP contribution >= 0.6 is 23.5 Å². The number of ether oxygens (including phenoxy) is 1. The van der Waals surface area contributed by atoms with E-state index in [1.165, 1.54) is 0 Å². The summed E-state index contributed by atoms with van der Waals surface area (Å²) in [5, 5.41) is 0. The maximum atomic E-state index is 12.7. The molecule has 0 aliphatic rings. The fraction of sp³-hybridized carbons (Fsp3) is 0.263. The summed E-state index contributed by atoms with van der Waals surface area (Å²) < 4.78 is 13.6. The van der Waals surface area contributed by atoms with Crippen LogP contribution in [-0.4, -0.2) is 33.4 Å². The van der Waals surface area contributed by atoms with Crippen LogP contribution in [0.4, 0.5) is 0 Å². The Morgan fingerprint density at radius 2 is 1.85 bits per heavy atom. The highest BCUT2D eigenvalue weighted by atomic mass is 32.2. The van der Waals surface area contributed by atoms with E-state index < -0.39 is 11.9 Å². The molecule has 134 valence electrons. The lowest BCUT2D eigenvalue weighted by atomic mass is 9.91. The Morgan fingerprint density at radius 1 is 1.12 bits per heavy atom. The first kappa shape index (κ1) is 18.5. The molecule has 1 heterocycles. The van der Waals surface area contributed by atoms with E-state index in [1.807, 2.05) is 36.6 Å². The van der Waals surface area contributed by atoms with Crippen molar-refractivity contribution in [3.05, 3.63) is 53.6 Å². The van der Waals surface area contributed by atoms with Gasteiger partial charge in [0.2, 0.25) is 0 Å². The summed E-state index contributed by atoms with van der Waals surface area (Å²) in [6.45, 7) is 2.03. The van der Waals surface area contributed by atoms with Crippen molar-refractivity contribution in [1.82, 2.24) is 8.75 Å². The normalized spacial score (nSPS) is 12.1. The molecule has 0 radical (unpaired) electrons. The molecule has 0 N–H and O–H groups in total. The highest BCUT2D eigenvalue weighted by Gasteiger charge is 2.26. The predicted octanol–water partition coefficient (Wildman–Crippen LogP) is 4.33. The third-order valence-corrected chi connectivity index (χ3v) is 5.35. The highest BCUT2D eigenvalue weighted by molar-refractivity contribution is 7.98. The fourth-order valence-electron chi connectivity index (χ4n) is 2.68. The topological polar surface area (TPSA) is 69.2 Å². The Hall–Kier alpha value is -2.25. The molecule has 0 aliphatic heterocycles. The van der Waals surface area contributed by atoms with Crippen LogP contribution in [0.2, 0.25) is 0 Å². The minimum Gasteiger partial charge on any atom is -0.466 e. The maximum absolute atomic E-state index is 12.7. The average molecular weight is 386 g/mol. The number of fused-ring (bicyclic) bond motifs is 1. The van der Waals surface area contributed by atoms with Gasteiger partial charge in [0.25, 0.3) is 0 Å². The Labute approximate surface area is 160 Å². The number of carbonyl (C=O) groups excluding carboxylic acids is 2. The zero-order chi connectivity index (χ0) is 18.5. The van der Waals surface area contributed by atoms with Gasteiger partial charge < -0.3 is 4.74 Å². The van der Waals surface area contributed by atoms with Crippen LogP contribution in [0.5, 0.6) is 0 Å². The zero-order valence-electron chi connectivity index (χ0n) is 14.5. The summed E-state index contributed by atoms with van der Waals surface area (Å²) in [5.74, 6) is -1.15. The van der Waals surface area contributed by atoms with Crippen LogP contribution in [0.25, 0.3) is 11.0 Å². The Bertz CT molecular complexity index is 922. The fourth-order valence-corrected chi connectivity index (χ4v) is 3.60. The third kappa shape index (κ3) is 4.11. The summed E-state index contributed by atoms with van der Waals surface area (Å²) in [6, 6.07) is 12.8. The molecular formula is C19H18N2O3S2. The van der Waals surface area contributed by atoms with Gasteiger partial charge >= 0.3 is 5.97 Å². The van der Waals surface area contributed by atoms with Crippen molar-refractivity contribution in [1.29, 1.82) is 0 Å². The number of hydrogen-bond donors (Lipinski definition) is 0. The quantitative estimate of drug-likeness (QED) is 0.342. The van der Waals surface area contributed by atoms with Crippen LogP contribution in [0.15, 0.2) is 47.4 Å². The number of nitrogens with zero attached hydrogens (tertiary/aromatic N) is 2. The van der Waals surface area contributed by atoms with Gasteiger partial charge in [-0.1, -0.05) is 18.2 Å². The molecule has 0 bridgehead atoms. The Balaban J connectivity index is 1.87. The number of aromatic nitrogens is 2. The van der Waals surface area contributed by atoms with Crippen molar-refractivity contribution in [2.45, 2.75) is 24.2 Å². The van der Waals surface area contributed by atoms with Crippen molar-refractivity contribution in [2.24, 2.45) is 0 Å². The second kappa shape index (κ2) is 8.42. The molecule has 1 atom stereocenters. The van der Waals surface area contributed by atoms with Crippen LogP contribution in [0.3, 0.4) is 0 Å². The van der Waals surface area contributed by atoms with Crippen LogP contribution < -0.4 is 0 Å².